The van der Waals surface area contributed by atoms with Crippen LogP contribution in [-0.2, 0) is 11.3 Å². The average molecular weight is 295 g/mol. The zero-order valence-electron chi connectivity index (χ0n) is 13.3. The van der Waals surface area contributed by atoms with Crippen molar-refractivity contribution < 1.29 is 9.21 Å². The molecule has 1 aromatic rings. The van der Waals surface area contributed by atoms with Gasteiger partial charge in [0, 0.05) is 31.6 Å². The van der Waals surface area contributed by atoms with E-state index in [1.165, 1.54) is 0 Å². The van der Waals surface area contributed by atoms with Crippen LogP contribution >= 0.6 is 0 Å². The quantitative estimate of drug-likeness (QED) is 0.859. The SMILES string of the molecule is CNC(=O)C1CCN(c2nnc(CNC(C)(C)C)o2)CC1. The number of nitrogens with one attached hydrogen (secondary N) is 2. The molecule has 1 aliphatic heterocycles. The number of piperidine rings is 1. The highest BCUT2D eigenvalue weighted by Gasteiger charge is 2.26. The molecule has 118 valence electrons. The van der Waals surface area contributed by atoms with Gasteiger partial charge in [-0.1, -0.05) is 5.10 Å². The summed E-state index contributed by atoms with van der Waals surface area (Å²) in [4.78, 5) is 13.7. The van der Waals surface area contributed by atoms with E-state index in [1.807, 2.05) is 4.90 Å². The third kappa shape index (κ3) is 4.42. The minimum Gasteiger partial charge on any atom is -0.407 e. The standard InChI is InChI=1S/C14H25N5O2/c1-14(2,3)16-9-11-17-18-13(21-11)19-7-5-10(6-8-19)12(20)15-4/h10,16H,5-9H2,1-4H3,(H,15,20). The lowest BCUT2D eigenvalue weighted by Crippen LogP contribution is -2.39. The van der Waals surface area contributed by atoms with Crippen molar-refractivity contribution in [2.45, 2.75) is 45.7 Å². The summed E-state index contributed by atoms with van der Waals surface area (Å²) in [5.74, 6) is 0.805. The minimum absolute atomic E-state index is 0.0144. The van der Waals surface area contributed by atoms with Crippen molar-refractivity contribution in [2.24, 2.45) is 5.92 Å². The van der Waals surface area contributed by atoms with Crippen molar-refractivity contribution in [2.75, 3.05) is 25.0 Å². The minimum atomic E-state index is 0.0144. The summed E-state index contributed by atoms with van der Waals surface area (Å²) >= 11 is 0. The van der Waals surface area contributed by atoms with Crippen molar-refractivity contribution in [1.82, 2.24) is 20.8 Å². The molecule has 1 saturated heterocycles. The van der Waals surface area contributed by atoms with E-state index in [-0.39, 0.29) is 17.4 Å². The maximum absolute atomic E-state index is 11.6. The predicted octanol–water partition coefficient (Wildman–Crippen LogP) is 0.920. The van der Waals surface area contributed by atoms with Gasteiger partial charge in [-0.3, -0.25) is 4.79 Å². The first kappa shape index (κ1) is 15.8. The van der Waals surface area contributed by atoms with Gasteiger partial charge in [-0.15, -0.1) is 5.10 Å². The molecule has 1 fully saturated rings. The van der Waals surface area contributed by atoms with Crippen LogP contribution in [0.1, 0.15) is 39.5 Å². The van der Waals surface area contributed by atoms with E-state index in [4.69, 9.17) is 4.42 Å². The van der Waals surface area contributed by atoms with Crippen LogP contribution in [0, 0.1) is 5.92 Å². The van der Waals surface area contributed by atoms with Crippen LogP contribution in [0.5, 0.6) is 0 Å². The van der Waals surface area contributed by atoms with Crippen LogP contribution in [0.15, 0.2) is 4.42 Å². The Bertz CT molecular complexity index is 472. The van der Waals surface area contributed by atoms with Crippen LogP contribution in [0.3, 0.4) is 0 Å². The van der Waals surface area contributed by atoms with E-state index in [1.54, 1.807) is 7.05 Å². The van der Waals surface area contributed by atoms with Crippen LogP contribution in [0.2, 0.25) is 0 Å². The normalized spacial score (nSPS) is 17.0. The zero-order chi connectivity index (χ0) is 15.5. The number of amides is 1. The molecular weight excluding hydrogens is 270 g/mol. The fourth-order valence-corrected chi connectivity index (χ4v) is 2.32. The Morgan fingerprint density at radius 3 is 2.57 bits per heavy atom. The molecule has 0 spiro atoms. The van der Waals surface area contributed by atoms with Gasteiger partial charge in [0.1, 0.15) is 0 Å². The fourth-order valence-electron chi connectivity index (χ4n) is 2.32. The summed E-state index contributed by atoms with van der Waals surface area (Å²) in [6.45, 7) is 8.37. The highest BCUT2D eigenvalue weighted by molar-refractivity contribution is 5.78. The summed E-state index contributed by atoms with van der Waals surface area (Å²) in [7, 11) is 1.68. The van der Waals surface area contributed by atoms with Crippen molar-refractivity contribution in [3.63, 3.8) is 0 Å². The zero-order valence-corrected chi connectivity index (χ0v) is 13.3. The number of hydrogen-bond acceptors (Lipinski definition) is 6. The third-order valence-electron chi connectivity index (χ3n) is 3.61. The molecule has 0 aromatic carbocycles. The van der Waals surface area contributed by atoms with E-state index in [0.717, 1.165) is 25.9 Å². The predicted molar refractivity (Wildman–Crippen MR) is 79.9 cm³/mol. The number of rotatable bonds is 4. The summed E-state index contributed by atoms with van der Waals surface area (Å²) in [6.07, 6.45) is 1.63. The molecule has 1 aliphatic rings. The monoisotopic (exact) mass is 295 g/mol. The van der Waals surface area contributed by atoms with Gasteiger partial charge in [0.15, 0.2) is 0 Å². The Balaban J connectivity index is 1.87. The largest absolute Gasteiger partial charge is 0.407 e. The number of carbonyl (C=O) groups is 1. The smallest absolute Gasteiger partial charge is 0.318 e. The molecule has 2 N–H and O–H groups in total. The van der Waals surface area contributed by atoms with E-state index < -0.39 is 0 Å². The Hall–Kier alpha value is -1.63. The molecule has 1 aromatic heterocycles. The second-order valence-corrected chi connectivity index (χ2v) is 6.46. The first-order chi connectivity index (χ1) is 9.89. The lowest BCUT2D eigenvalue weighted by Gasteiger charge is -2.29. The fraction of sp³-hybridized carbons (Fsp3) is 0.786. The van der Waals surface area contributed by atoms with E-state index in [0.29, 0.717) is 18.5 Å². The van der Waals surface area contributed by atoms with Crippen LogP contribution < -0.4 is 15.5 Å². The van der Waals surface area contributed by atoms with Gasteiger partial charge < -0.3 is 20.0 Å². The topological polar surface area (TPSA) is 83.3 Å². The van der Waals surface area contributed by atoms with Crippen molar-refractivity contribution >= 4 is 11.9 Å². The first-order valence-electron chi connectivity index (χ1n) is 7.43. The summed E-state index contributed by atoms with van der Waals surface area (Å²) in [5.41, 5.74) is 0.0144. The van der Waals surface area contributed by atoms with E-state index >= 15 is 0 Å². The second-order valence-electron chi connectivity index (χ2n) is 6.46. The molecule has 0 atom stereocenters. The van der Waals surface area contributed by atoms with Crippen LogP contribution in [0.4, 0.5) is 6.01 Å². The summed E-state index contributed by atoms with van der Waals surface area (Å²) in [5, 5.41) is 14.2. The number of hydrogen-bond donors (Lipinski definition) is 2. The number of anilines is 1. The van der Waals surface area contributed by atoms with Crippen LogP contribution in [0.25, 0.3) is 0 Å². The van der Waals surface area contributed by atoms with Gasteiger partial charge in [0.25, 0.3) is 0 Å². The lowest BCUT2D eigenvalue weighted by atomic mass is 9.96. The van der Waals surface area contributed by atoms with Crippen molar-refractivity contribution in [3.8, 4) is 0 Å². The first-order valence-corrected chi connectivity index (χ1v) is 7.43. The number of carbonyl (C=O) groups excluding carboxylic acids is 1. The maximum Gasteiger partial charge on any atom is 0.318 e. The second kappa shape index (κ2) is 6.43. The third-order valence-corrected chi connectivity index (χ3v) is 3.61. The molecule has 0 unspecified atom stereocenters. The molecule has 0 bridgehead atoms. The van der Waals surface area contributed by atoms with E-state index in [2.05, 4.69) is 41.6 Å². The molecule has 21 heavy (non-hydrogen) atoms. The average Bonchev–Trinajstić information content (AvgIpc) is 2.93. The van der Waals surface area contributed by atoms with Gasteiger partial charge in [-0.05, 0) is 33.6 Å². The Morgan fingerprint density at radius 2 is 2.00 bits per heavy atom. The molecular formula is C14H25N5O2. The van der Waals surface area contributed by atoms with Crippen molar-refractivity contribution in [3.05, 3.63) is 5.89 Å². The Labute approximate surface area is 125 Å². The highest BCUT2D eigenvalue weighted by Crippen LogP contribution is 2.22. The number of aromatic nitrogens is 2. The Morgan fingerprint density at radius 1 is 1.33 bits per heavy atom. The molecule has 0 saturated carbocycles. The maximum atomic E-state index is 11.6. The van der Waals surface area contributed by atoms with Gasteiger partial charge in [0.05, 0.1) is 6.54 Å². The molecule has 7 nitrogen and oxygen atoms in total. The molecule has 1 amide bonds. The van der Waals surface area contributed by atoms with Gasteiger partial charge >= 0.3 is 6.01 Å². The molecule has 0 radical (unpaired) electrons. The lowest BCUT2D eigenvalue weighted by molar-refractivity contribution is -0.125. The molecule has 2 rings (SSSR count). The van der Waals surface area contributed by atoms with Gasteiger partial charge in [0.2, 0.25) is 11.8 Å². The molecule has 0 aliphatic carbocycles. The Kier molecular flexibility index (Phi) is 4.82. The summed E-state index contributed by atoms with van der Waals surface area (Å²) < 4.78 is 5.68. The van der Waals surface area contributed by atoms with Crippen LogP contribution in [-0.4, -0.2) is 41.8 Å². The van der Waals surface area contributed by atoms with Gasteiger partial charge in [-0.25, -0.2) is 0 Å². The molecule has 7 heteroatoms. The van der Waals surface area contributed by atoms with Crippen molar-refractivity contribution in [1.29, 1.82) is 0 Å². The number of nitrogens with zero attached hydrogens (tertiary/aromatic N) is 3. The van der Waals surface area contributed by atoms with Gasteiger partial charge in [-0.2, -0.15) is 0 Å². The van der Waals surface area contributed by atoms with E-state index in [9.17, 15) is 4.79 Å². The molecule has 2 heterocycles. The summed E-state index contributed by atoms with van der Waals surface area (Å²) in [6, 6.07) is 0.552. The highest BCUT2D eigenvalue weighted by atomic mass is 16.4.